The Bertz CT molecular complexity index is 1390. The first-order chi connectivity index (χ1) is 17.4. The van der Waals surface area contributed by atoms with Crippen molar-refractivity contribution in [2.24, 2.45) is 5.10 Å². The number of hydrogen-bond acceptors (Lipinski definition) is 7. The summed E-state index contributed by atoms with van der Waals surface area (Å²) in [5.74, 6) is -2.33. The predicted octanol–water partition coefficient (Wildman–Crippen LogP) is 4.56. The van der Waals surface area contributed by atoms with Crippen molar-refractivity contribution < 1.29 is 37.2 Å². The third kappa shape index (κ3) is 7.21. The second-order valence-electron chi connectivity index (χ2n) is 7.40. The van der Waals surface area contributed by atoms with Gasteiger partial charge in [0.2, 0.25) is 5.91 Å². The van der Waals surface area contributed by atoms with E-state index in [1.54, 1.807) is 0 Å². The number of anilines is 1. The number of hydrazone groups is 1. The first kappa shape index (κ1) is 26.5. The average Bonchev–Trinajstić information content (AvgIpc) is 2.84. The van der Waals surface area contributed by atoms with Gasteiger partial charge in [0.25, 0.3) is 11.6 Å². The molecule has 0 aliphatic rings. The Kier molecular flexibility index (Phi) is 7.97. The number of esters is 1. The number of carbonyl (C=O) groups excluding carboxylic acids is 3. The summed E-state index contributed by atoms with van der Waals surface area (Å²) in [6.45, 7) is 1.33. The molecule has 13 heteroatoms. The third-order valence-corrected chi connectivity index (χ3v) is 4.67. The van der Waals surface area contributed by atoms with Crippen molar-refractivity contribution in [3.8, 4) is 5.75 Å². The van der Waals surface area contributed by atoms with Crippen LogP contribution in [0.3, 0.4) is 0 Å². The van der Waals surface area contributed by atoms with Gasteiger partial charge in [0.15, 0.2) is 0 Å². The molecule has 2 N–H and O–H groups in total. The molecule has 3 aromatic rings. The molecule has 0 aliphatic carbocycles. The van der Waals surface area contributed by atoms with Crippen molar-refractivity contribution in [1.82, 2.24) is 5.43 Å². The van der Waals surface area contributed by atoms with Crippen LogP contribution in [0.5, 0.6) is 5.75 Å². The molecule has 0 aliphatic heterocycles. The molecule has 0 radical (unpaired) electrons. The van der Waals surface area contributed by atoms with Gasteiger partial charge in [-0.3, -0.25) is 19.7 Å². The largest absolute Gasteiger partial charge is 0.422 e. The highest BCUT2D eigenvalue weighted by Crippen LogP contribution is 2.30. The van der Waals surface area contributed by atoms with Gasteiger partial charge in [-0.05, 0) is 48.5 Å². The quantitative estimate of drug-likeness (QED) is 0.156. The number of hydrogen-bond donors (Lipinski definition) is 2. The molecule has 0 saturated carbocycles. The van der Waals surface area contributed by atoms with Gasteiger partial charge in [0.05, 0.1) is 22.3 Å². The summed E-state index contributed by atoms with van der Waals surface area (Å²) in [6, 6.07) is 12.5. The maximum absolute atomic E-state index is 13.0. The Hall–Kier alpha value is -5.07. The van der Waals surface area contributed by atoms with E-state index in [0.29, 0.717) is 11.8 Å². The van der Waals surface area contributed by atoms with Crippen molar-refractivity contribution in [2.75, 3.05) is 5.32 Å². The predicted molar refractivity (Wildman–Crippen MR) is 125 cm³/mol. The average molecular weight is 514 g/mol. The SMILES string of the molecule is CC(=O)Nc1ccc(C(=O)N/N=C/c2cc([N+](=O)[O-])ccc2OC(=O)c2cccc(C(F)(F)F)c2)cc1. The van der Waals surface area contributed by atoms with Gasteiger partial charge in [-0.15, -0.1) is 0 Å². The lowest BCUT2D eigenvalue weighted by Crippen LogP contribution is -2.18. The fourth-order valence-corrected chi connectivity index (χ4v) is 2.96. The maximum Gasteiger partial charge on any atom is 0.416 e. The fraction of sp³-hybridized carbons (Fsp3) is 0.0833. The van der Waals surface area contributed by atoms with Crippen molar-refractivity contribution in [3.63, 3.8) is 0 Å². The fourth-order valence-electron chi connectivity index (χ4n) is 2.96. The molecule has 0 saturated heterocycles. The Morgan fingerprint density at radius 3 is 2.32 bits per heavy atom. The van der Waals surface area contributed by atoms with E-state index in [1.807, 2.05) is 0 Å². The monoisotopic (exact) mass is 514 g/mol. The van der Waals surface area contributed by atoms with Crippen LogP contribution in [-0.2, 0) is 11.0 Å². The zero-order valence-electron chi connectivity index (χ0n) is 18.9. The summed E-state index contributed by atoms with van der Waals surface area (Å²) in [4.78, 5) is 46.3. The second kappa shape index (κ2) is 11.1. The molecule has 0 bridgehead atoms. The van der Waals surface area contributed by atoms with Crippen LogP contribution in [0.25, 0.3) is 0 Å². The van der Waals surface area contributed by atoms with Crippen molar-refractivity contribution in [2.45, 2.75) is 13.1 Å². The van der Waals surface area contributed by atoms with E-state index in [9.17, 15) is 37.7 Å². The first-order valence-corrected chi connectivity index (χ1v) is 10.3. The first-order valence-electron chi connectivity index (χ1n) is 10.3. The normalized spacial score (nSPS) is 11.1. The van der Waals surface area contributed by atoms with Crippen LogP contribution in [0.1, 0.15) is 38.8 Å². The number of nitrogens with zero attached hydrogens (tertiary/aromatic N) is 2. The number of amides is 2. The summed E-state index contributed by atoms with van der Waals surface area (Å²) >= 11 is 0. The van der Waals surface area contributed by atoms with E-state index in [4.69, 9.17) is 4.74 Å². The van der Waals surface area contributed by atoms with Crippen LogP contribution in [-0.4, -0.2) is 28.9 Å². The van der Waals surface area contributed by atoms with Gasteiger partial charge < -0.3 is 10.1 Å². The summed E-state index contributed by atoms with van der Waals surface area (Å²) in [5, 5.41) is 17.4. The molecule has 0 heterocycles. The number of ether oxygens (including phenoxy) is 1. The van der Waals surface area contributed by atoms with Gasteiger partial charge in [0.1, 0.15) is 5.75 Å². The number of alkyl halides is 3. The minimum absolute atomic E-state index is 0.101. The van der Waals surface area contributed by atoms with E-state index < -0.39 is 34.1 Å². The van der Waals surface area contributed by atoms with Gasteiger partial charge in [0, 0.05) is 35.9 Å². The molecule has 37 heavy (non-hydrogen) atoms. The van der Waals surface area contributed by atoms with Crippen LogP contribution >= 0.6 is 0 Å². The van der Waals surface area contributed by atoms with Crippen LogP contribution in [0.4, 0.5) is 24.5 Å². The van der Waals surface area contributed by atoms with Crippen molar-refractivity contribution in [1.29, 1.82) is 0 Å². The van der Waals surface area contributed by atoms with Crippen LogP contribution in [0.2, 0.25) is 0 Å². The Morgan fingerprint density at radius 1 is 1.00 bits per heavy atom. The van der Waals surface area contributed by atoms with Gasteiger partial charge >= 0.3 is 12.1 Å². The van der Waals surface area contributed by atoms with Crippen molar-refractivity contribution in [3.05, 3.63) is 99.1 Å². The minimum atomic E-state index is -4.68. The Morgan fingerprint density at radius 2 is 1.70 bits per heavy atom. The van der Waals surface area contributed by atoms with E-state index in [2.05, 4.69) is 15.8 Å². The molecule has 190 valence electrons. The summed E-state index contributed by atoms with van der Waals surface area (Å²) in [6.07, 6.45) is -3.70. The summed E-state index contributed by atoms with van der Waals surface area (Å²) < 4.78 is 44.0. The zero-order chi connectivity index (χ0) is 27.2. The molecular weight excluding hydrogens is 497 g/mol. The molecule has 0 spiro atoms. The lowest BCUT2D eigenvalue weighted by Gasteiger charge is -2.10. The number of carbonyl (C=O) groups is 3. The van der Waals surface area contributed by atoms with Crippen LogP contribution < -0.4 is 15.5 Å². The molecule has 3 aromatic carbocycles. The number of nitrogens with one attached hydrogen (secondary N) is 2. The molecule has 0 fully saturated rings. The molecule has 10 nitrogen and oxygen atoms in total. The highest BCUT2D eigenvalue weighted by molar-refractivity contribution is 5.97. The van der Waals surface area contributed by atoms with Crippen LogP contribution in [0, 0.1) is 10.1 Å². The number of nitro groups is 1. The number of non-ortho nitro benzene ring substituents is 1. The van der Waals surface area contributed by atoms with E-state index in [-0.39, 0.29) is 28.5 Å². The molecule has 3 rings (SSSR count). The Labute approximate surface area is 206 Å². The number of halogens is 3. The lowest BCUT2D eigenvalue weighted by atomic mass is 10.1. The summed E-state index contributed by atoms with van der Waals surface area (Å²) in [5.41, 5.74) is 0.910. The third-order valence-electron chi connectivity index (χ3n) is 4.67. The highest BCUT2D eigenvalue weighted by Gasteiger charge is 2.31. The zero-order valence-corrected chi connectivity index (χ0v) is 18.9. The van der Waals surface area contributed by atoms with E-state index in [0.717, 1.165) is 42.6 Å². The van der Waals surface area contributed by atoms with Gasteiger partial charge in [-0.25, -0.2) is 10.2 Å². The van der Waals surface area contributed by atoms with Crippen molar-refractivity contribution >= 4 is 35.4 Å². The molecule has 0 unspecified atom stereocenters. The van der Waals surface area contributed by atoms with Gasteiger partial charge in [-0.1, -0.05) is 6.07 Å². The smallest absolute Gasteiger partial charge is 0.416 e. The molecule has 0 atom stereocenters. The standard InChI is InChI=1S/C24H17F3N4O6/c1-14(32)29-19-7-5-15(6-8-19)22(33)30-28-13-17-12-20(31(35)36)9-10-21(17)37-23(34)16-3-2-4-18(11-16)24(25,26)27/h2-13H,1H3,(H,29,32)(H,30,33)/b28-13+. The molecular formula is C24H17F3N4O6. The van der Waals surface area contributed by atoms with E-state index in [1.165, 1.54) is 31.2 Å². The summed E-state index contributed by atoms with van der Waals surface area (Å²) in [7, 11) is 0. The lowest BCUT2D eigenvalue weighted by molar-refractivity contribution is -0.384. The van der Waals surface area contributed by atoms with Gasteiger partial charge in [-0.2, -0.15) is 18.3 Å². The maximum atomic E-state index is 13.0. The highest BCUT2D eigenvalue weighted by atomic mass is 19.4. The molecule has 2 amide bonds. The Balaban J connectivity index is 1.79. The van der Waals surface area contributed by atoms with E-state index >= 15 is 0 Å². The number of benzene rings is 3. The minimum Gasteiger partial charge on any atom is -0.422 e. The van der Waals surface area contributed by atoms with Crippen LogP contribution in [0.15, 0.2) is 71.8 Å². The molecule has 0 aromatic heterocycles. The topological polar surface area (TPSA) is 140 Å². The second-order valence-corrected chi connectivity index (χ2v) is 7.40. The number of rotatable bonds is 7. The number of nitro benzene ring substituents is 1.